The van der Waals surface area contributed by atoms with Gasteiger partial charge in [-0.3, -0.25) is 9.78 Å². The van der Waals surface area contributed by atoms with Crippen LogP contribution >= 0.6 is 0 Å². The summed E-state index contributed by atoms with van der Waals surface area (Å²) in [6, 6.07) is 3.87. The lowest BCUT2D eigenvalue weighted by Crippen LogP contribution is -2.40. The van der Waals surface area contributed by atoms with Crippen molar-refractivity contribution >= 4 is 5.91 Å². The van der Waals surface area contributed by atoms with Crippen molar-refractivity contribution in [2.24, 2.45) is 0 Å². The van der Waals surface area contributed by atoms with Gasteiger partial charge in [0.1, 0.15) is 0 Å². The summed E-state index contributed by atoms with van der Waals surface area (Å²) in [7, 11) is 0. The number of carbonyl (C=O) groups excluding carboxylic acids is 1. The molecule has 0 saturated carbocycles. The first-order valence-corrected chi connectivity index (χ1v) is 6.51. The van der Waals surface area contributed by atoms with Crippen molar-refractivity contribution in [2.45, 2.75) is 18.9 Å². The number of hydrogen-bond acceptors (Lipinski definition) is 3. The van der Waals surface area contributed by atoms with Crippen LogP contribution in [0.4, 0.5) is 0 Å². The van der Waals surface area contributed by atoms with Crippen LogP contribution in [0.3, 0.4) is 0 Å². The Labute approximate surface area is 111 Å². The lowest BCUT2D eigenvalue weighted by Gasteiger charge is -2.33. The van der Waals surface area contributed by atoms with Gasteiger partial charge in [0, 0.05) is 43.4 Å². The van der Waals surface area contributed by atoms with Gasteiger partial charge in [0.15, 0.2) is 0 Å². The standard InChI is InChI=1S/C14H16N4O/c19-14(12-3-5-15-6-4-12)17-8-1-2-13(10-17)18-9-7-16-11-18/h3-7,9,11,13H,1-2,8,10H2. The van der Waals surface area contributed by atoms with Crippen LogP contribution in [-0.2, 0) is 0 Å². The van der Waals surface area contributed by atoms with Gasteiger partial charge in [0.05, 0.1) is 12.4 Å². The van der Waals surface area contributed by atoms with Crippen LogP contribution in [0.25, 0.3) is 0 Å². The molecule has 1 atom stereocenters. The van der Waals surface area contributed by atoms with E-state index in [9.17, 15) is 4.79 Å². The summed E-state index contributed by atoms with van der Waals surface area (Å²) in [5, 5.41) is 0. The van der Waals surface area contributed by atoms with Crippen molar-refractivity contribution in [3.8, 4) is 0 Å². The normalized spacial score (nSPS) is 19.4. The minimum absolute atomic E-state index is 0.0900. The number of hydrogen-bond donors (Lipinski definition) is 0. The zero-order chi connectivity index (χ0) is 13.1. The van der Waals surface area contributed by atoms with Gasteiger partial charge in [-0.25, -0.2) is 4.98 Å². The van der Waals surface area contributed by atoms with Gasteiger partial charge in [-0.2, -0.15) is 0 Å². The molecule has 19 heavy (non-hydrogen) atoms. The lowest BCUT2D eigenvalue weighted by atomic mass is 10.0. The van der Waals surface area contributed by atoms with Crippen molar-refractivity contribution in [1.29, 1.82) is 0 Å². The number of pyridine rings is 1. The molecule has 2 aromatic rings. The van der Waals surface area contributed by atoms with Crippen LogP contribution in [-0.4, -0.2) is 38.4 Å². The van der Waals surface area contributed by atoms with Crippen LogP contribution in [0.2, 0.25) is 0 Å². The highest BCUT2D eigenvalue weighted by atomic mass is 16.2. The van der Waals surface area contributed by atoms with Crippen LogP contribution in [0.15, 0.2) is 43.2 Å². The number of piperidine rings is 1. The Morgan fingerprint density at radius 2 is 2.05 bits per heavy atom. The third-order valence-electron chi connectivity index (χ3n) is 3.56. The molecule has 1 aliphatic heterocycles. The predicted molar refractivity (Wildman–Crippen MR) is 70.6 cm³/mol. The van der Waals surface area contributed by atoms with E-state index in [1.807, 2.05) is 17.4 Å². The summed E-state index contributed by atoms with van der Waals surface area (Å²) in [5.41, 5.74) is 0.710. The summed E-state index contributed by atoms with van der Waals surface area (Å²) in [4.78, 5) is 22.3. The Morgan fingerprint density at radius 3 is 2.79 bits per heavy atom. The first-order chi connectivity index (χ1) is 9.34. The Bertz CT molecular complexity index is 538. The summed E-state index contributed by atoms with van der Waals surface area (Å²) < 4.78 is 2.09. The number of rotatable bonds is 2. The largest absolute Gasteiger partial charge is 0.337 e. The molecular weight excluding hydrogens is 240 g/mol. The summed E-state index contributed by atoms with van der Waals surface area (Å²) >= 11 is 0. The van der Waals surface area contributed by atoms with E-state index in [1.54, 1.807) is 30.7 Å². The molecule has 1 saturated heterocycles. The maximum atomic E-state index is 12.4. The Morgan fingerprint density at radius 1 is 1.21 bits per heavy atom. The molecule has 2 aromatic heterocycles. The molecule has 3 heterocycles. The fraction of sp³-hybridized carbons (Fsp3) is 0.357. The number of imidazole rings is 1. The number of aromatic nitrogens is 3. The quantitative estimate of drug-likeness (QED) is 0.822. The summed E-state index contributed by atoms with van der Waals surface area (Å²) in [5.74, 6) is 0.0900. The molecule has 0 aliphatic carbocycles. The molecular formula is C14H16N4O. The number of likely N-dealkylation sites (tertiary alicyclic amines) is 1. The van der Waals surface area contributed by atoms with Crippen molar-refractivity contribution in [1.82, 2.24) is 19.4 Å². The first kappa shape index (κ1) is 11.9. The molecule has 3 rings (SSSR count). The van der Waals surface area contributed by atoms with Crippen LogP contribution in [0, 0.1) is 0 Å². The van der Waals surface area contributed by atoms with Crippen molar-refractivity contribution in [2.75, 3.05) is 13.1 Å². The van der Waals surface area contributed by atoms with Crippen molar-refractivity contribution in [3.05, 3.63) is 48.8 Å². The SMILES string of the molecule is O=C(c1ccncc1)N1CCCC(n2ccnc2)C1. The van der Waals surface area contributed by atoms with E-state index in [-0.39, 0.29) is 5.91 Å². The van der Waals surface area contributed by atoms with Gasteiger partial charge >= 0.3 is 0 Å². The van der Waals surface area contributed by atoms with Gasteiger partial charge in [-0.1, -0.05) is 0 Å². The first-order valence-electron chi connectivity index (χ1n) is 6.51. The van der Waals surface area contributed by atoms with E-state index in [0.717, 1.165) is 25.9 Å². The molecule has 5 heteroatoms. The van der Waals surface area contributed by atoms with E-state index in [4.69, 9.17) is 0 Å². The van der Waals surface area contributed by atoms with Gasteiger partial charge in [0.25, 0.3) is 5.91 Å². The van der Waals surface area contributed by atoms with Crippen LogP contribution < -0.4 is 0 Å². The van der Waals surface area contributed by atoms with E-state index >= 15 is 0 Å². The number of carbonyl (C=O) groups is 1. The maximum Gasteiger partial charge on any atom is 0.254 e. The molecule has 0 spiro atoms. The molecule has 0 radical (unpaired) electrons. The monoisotopic (exact) mass is 256 g/mol. The molecule has 5 nitrogen and oxygen atoms in total. The molecule has 1 fully saturated rings. The number of nitrogens with zero attached hydrogens (tertiary/aromatic N) is 4. The van der Waals surface area contributed by atoms with Gasteiger partial charge in [-0.15, -0.1) is 0 Å². The molecule has 0 aromatic carbocycles. The summed E-state index contributed by atoms with van der Waals surface area (Å²) in [6.45, 7) is 1.57. The van der Waals surface area contributed by atoms with Crippen LogP contribution in [0.1, 0.15) is 29.2 Å². The molecule has 98 valence electrons. The van der Waals surface area contributed by atoms with Crippen molar-refractivity contribution < 1.29 is 4.79 Å². The Kier molecular flexibility index (Phi) is 3.27. The highest BCUT2D eigenvalue weighted by Crippen LogP contribution is 2.22. The zero-order valence-electron chi connectivity index (χ0n) is 10.6. The number of amides is 1. The second-order valence-corrected chi connectivity index (χ2v) is 4.79. The highest BCUT2D eigenvalue weighted by molar-refractivity contribution is 5.94. The van der Waals surface area contributed by atoms with Gasteiger partial charge < -0.3 is 9.47 Å². The third-order valence-corrected chi connectivity index (χ3v) is 3.56. The van der Waals surface area contributed by atoms with E-state index in [1.165, 1.54) is 0 Å². The second-order valence-electron chi connectivity index (χ2n) is 4.79. The summed E-state index contributed by atoms with van der Waals surface area (Å²) in [6.07, 6.45) is 11.0. The third kappa shape index (κ3) is 2.50. The van der Waals surface area contributed by atoms with Crippen LogP contribution in [0.5, 0.6) is 0 Å². The zero-order valence-corrected chi connectivity index (χ0v) is 10.6. The minimum atomic E-state index is 0.0900. The maximum absolute atomic E-state index is 12.4. The smallest absolute Gasteiger partial charge is 0.254 e. The van der Waals surface area contributed by atoms with Gasteiger partial charge in [0.2, 0.25) is 0 Å². The highest BCUT2D eigenvalue weighted by Gasteiger charge is 2.25. The second kappa shape index (κ2) is 5.22. The van der Waals surface area contributed by atoms with Gasteiger partial charge in [-0.05, 0) is 25.0 Å². The fourth-order valence-corrected chi connectivity index (χ4v) is 2.55. The molecule has 1 unspecified atom stereocenters. The predicted octanol–water partition coefficient (Wildman–Crippen LogP) is 1.76. The minimum Gasteiger partial charge on any atom is -0.337 e. The lowest BCUT2D eigenvalue weighted by molar-refractivity contribution is 0.0679. The molecule has 1 amide bonds. The van der Waals surface area contributed by atoms with E-state index in [2.05, 4.69) is 14.5 Å². The Balaban J connectivity index is 1.73. The topological polar surface area (TPSA) is 51.0 Å². The van der Waals surface area contributed by atoms with Crippen molar-refractivity contribution in [3.63, 3.8) is 0 Å². The molecule has 0 N–H and O–H groups in total. The molecule has 0 bridgehead atoms. The van der Waals surface area contributed by atoms with E-state index in [0.29, 0.717) is 11.6 Å². The average molecular weight is 256 g/mol. The fourth-order valence-electron chi connectivity index (χ4n) is 2.55. The average Bonchev–Trinajstić information content (AvgIpc) is 3.02. The molecule has 1 aliphatic rings. The van der Waals surface area contributed by atoms with E-state index < -0.39 is 0 Å². The Hall–Kier alpha value is -2.17.